The van der Waals surface area contributed by atoms with Gasteiger partial charge in [0, 0.05) is 17.3 Å². The molecule has 4 nitrogen and oxygen atoms in total. The number of amides is 1. The number of hydrogen-bond donors (Lipinski definition) is 2. The third-order valence-electron chi connectivity index (χ3n) is 3.03. The predicted octanol–water partition coefficient (Wildman–Crippen LogP) is 4.05. The third-order valence-corrected chi connectivity index (χ3v) is 3.03. The molecule has 2 N–H and O–H groups in total. The number of carbonyl (C=O) groups excluding carboxylic acids is 1. The Kier molecular flexibility index (Phi) is 4.45. The summed E-state index contributed by atoms with van der Waals surface area (Å²) in [6.45, 7) is 5.78. The predicted molar refractivity (Wildman–Crippen MR) is 80.7 cm³/mol. The van der Waals surface area contributed by atoms with Gasteiger partial charge in [0.1, 0.15) is 5.76 Å². The Morgan fingerprint density at radius 2 is 1.70 bits per heavy atom. The minimum absolute atomic E-state index is 0.0215. The molecule has 1 aromatic heterocycles. The molecule has 0 aliphatic carbocycles. The molecule has 0 fully saturated rings. The first-order valence-corrected chi connectivity index (χ1v) is 6.77. The molecule has 106 valence electrons. The minimum Gasteiger partial charge on any atom is -0.467 e. The molecule has 0 aliphatic rings. The van der Waals surface area contributed by atoms with Gasteiger partial charge < -0.3 is 15.1 Å². The van der Waals surface area contributed by atoms with Gasteiger partial charge in [0.25, 0.3) is 0 Å². The Labute approximate surface area is 119 Å². The first kappa shape index (κ1) is 14.2. The van der Waals surface area contributed by atoms with Gasteiger partial charge in [-0.25, -0.2) is 0 Å². The number of rotatable bonds is 5. The van der Waals surface area contributed by atoms with E-state index < -0.39 is 0 Å². The maximum atomic E-state index is 11.6. The van der Waals surface area contributed by atoms with Crippen LogP contribution in [-0.4, -0.2) is 5.91 Å². The van der Waals surface area contributed by atoms with Crippen molar-refractivity contribution in [1.29, 1.82) is 0 Å². The van der Waals surface area contributed by atoms with Crippen molar-refractivity contribution in [3.8, 4) is 0 Å². The summed E-state index contributed by atoms with van der Waals surface area (Å²) < 4.78 is 5.35. The Balaban J connectivity index is 1.96. The maximum absolute atomic E-state index is 11.6. The number of carbonyl (C=O) groups is 1. The molecule has 0 saturated heterocycles. The summed E-state index contributed by atoms with van der Waals surface area (Å²) in [7, 11) is 0. The van der Waals surface area contributed by atoms with Crippen molar-refractivity contribution in [2.45, 2.75) is 26.8 Å². The second-order valence-corrected chi connectivity index (χ2v) is 5.10. The first-order chi connectivity index (χ1) is 9.56. The van der Waals surface area contributed by atoms with Gasteiger partial charge in [-0.1, -0.05) is 13.8 Å². The fraction of sp³-hybridized carbons (Fsp3) is 0.312. The van der Waals surface area contributed by atoms with Gasteiger partial charge in [-0.3, -0.25) is 4.79 Å². The van der Waals surface area contributed by atoms with Gasteiger partial charge in [0.15, 0.2) is 0 Å². The molecule has 20 heavy (non-hydrogen) atoms. The topological polar surface area (TPSA) is 54.3 Å². The van der Waals surface area contributed by atoms with Crippen LogP contribution in [0.15, 0.2) is 47.1 Å². The van der Waals surface area contributed by atoms with Crippen LogP contribution in [0, 0.1) is 5.92 Å². The lowest BCUT2D eigenvalue weighted by atomic mass is 10.2. The van der Waals surface area contributed by atoms with E-state index in [9.17, 15) is 4.79 Å². The molecule has 0 bridgehead atoms. The zero-order chi connectivity index (χ0) is 14.5. The Hall–Kier alpha value is -2.23. The highest BCUT2D eigenvalue weighted by Crippen LogP contribution is 2.21. The van der Waals surface area contributed by atoms with Crippen molar-refractivity contribution < 1.29 is 9.21 Å². The van der Waals surface area contributed by atoms with Crippen molar-refractivity contribution in [3.05, 3.63) is 48.4 Å². The zero-order valence-electron chi connectivity index (χ0n) is 12.0. The minimum atomic E-state index is -0.0215. The summed E-state index contributed by atoms with van der Waals surface area (Å²) in [6.07, 6.45) is 1.66. The van der Waals surface area contributed by atoms with Gasteiger partial charge in [-0.05, 0) is 43.3 Å². The normalized spacial score (nSPS) is 12.2. The van der Waals surface area contributed by atoms with Gasteiger partial charge >= 0.3 is 0 Å². The van der Waals surface area contributed by atoms with E-state index in [-0.39, 0.29) is 17.9 Å². The lowest BCUT2D eigenvalue weighted by molar-refractivity contribution is -0.118. The van der Waals surface area contributed by atoms with Gasteiger partial charge in [-0.15, -0.1) is 0 Å². The summed E-state index contributed by atoms with van der Waals surface area (Å²) in [5, 5.41) is 6.21. The Morgan fingerprint density at radius 3 is 2.25 bits per heavy atom. The fourth-order valence-electron chi connectivity index (χ4n) is 1.80. The summed E-state index contributed by atoms with van der Waals surface area (Å²) >= 11 is 0. The third kappa shape index (κ3) is 3.63. The second-order valence-electron chi connectivity index (χ2n) is 5.10. The number of hydrogen-bond acceptors (Lipinski definition) is 3. The highest BCUT2D eigenvalue weighted by Gasteiger charge is 2.09. The molecule has 4 heteroatoms. The molecule has 2 rings (SSSR count). The number of benzene rings is 1. The average molecular weight is 272 g/mol. The monoisotopic (exact) mass is 272 g/mol. The van der Waals surface area contributed by atoms with Crippen LogP contribution in [0.3, 0.4) is 0 Å². The van der Waals surface area contributed by atoms with E-state index in [1.54, 1.807) is 6.26 Å². The maximum Gasteiger partial charge on any atom is 0.226 e. The van der Waals surface area contributed by atoms with Gasteiger partial charge in [0.05, 0.1) is 12.3 Å². The van der Waals surface area contributed by atoms with Crippen LogP contribution in [0.1, 0.15) is 32.6 Å². The van der Waals surface area contributed by atoms with Crippen molar-refractivity contribution in [3.63, 3.8) is 0 Å². The molecule has 1 unspecified atom stereocenters. The molecule has 0 spiro atoms. The lowest BCUT2D eigenvalue weighted by Crippen LogP contribution is -2.17. The SMILES string of the molecule is CC(C)C(=O)Nc1ccc(NC(C)c2ccco2)cc1. The van der Waals surface area contributed by atoms with E-state index in [1.807, 2.05) is 57.2 Å². The van der Waals surface area contributed by atoms with Crippen LogP contribution >= 0.6 is 0 Å². The highest BCUT2D eigenvalue weighted by molar-refractivity contribution is 5.92. The van der Waals surface area contributed by atoms with Crippen molar-refractivity contribution >= 4 is 17.3 Å². The molecular weight excluding hydrogens is 252 g/mol. The molecule has 2 aromatic rings. The molecule has 0 radical (unpaired) electrons. The summed E-state index contributed by atoms with van der Waals surface area (Å²) in [5.41, 5.74) is 1.79. The Bertz CT molecular complexity index is 544. The quantitative estimate of drug-likeness (QED) is 0.863. The molecule has 1 amide bonds. The number of anilines is 2. The summed E-state index contributed by atoms with van der Waals surface area (Å²) in [6, 6.07) is 11.6. The highest BCUT2D eigenvalue weighted by atomic mass is 16.3. The standard InChI is InChI=1S/C16H20N2O2/c1-11(2)16(19)18-14-8-6-13(7-9-14)17-12(3)15-5-4-10-20-15/h4-12,17H,1-3H3,(H,18,19). The second kappa shape index (κ2) is 6.28. The molecule has 0 saturated carbocycles. The molecule has 0 aliphatic heterocycles. The van der Waals surface area contributed by atoms with E-state index in [0.717, 1.165) is 17.1 Å². The van der Waals surface area contributed by atoms with E-state index in [2.05, 4.69) is 10.6 Å². The lowest BCUT2D eigenvalue weighted by Gasteiger charge is -2.14. The molecular formula is C16H20N2O2. The summed E-state index contributed by atoms with van der Waals surface area (Å²) in [4.78, 5) is 11.6. The smallest absolute Gasteiger partial charge is 0.226 e. The van der Waals surface area contributed by atoms with Gasteiger partial charge in [0.2, 0.25) is 5.91 Å². The van der Waals surface area contributed by atoms with E-state index in [4.69, 9.17) is 4.42 Å². The largest absolute Gasteiger partial charge is 0.467 e. The Morgan fingerprint density at radius 1 is 1.05 bits per heavy atom. The average Bonchev–Trinajstić information content (AvgIpc) is 2.95. The van der Waals surface area contributed by atoms with Crippen LogP contribution in [0.5, 0.6) is 0 Å². The van der Waals surface area contributed by atoms with Crippen LogP contribution in [0.25, 0.3) is 0 Å². The van der Waals surface area contributed by atoms with Crippen LogP contribution in [0.4, 0.5) is 11.4 Å². The van der Waals surface area contributed by atoms with Crippen molar-refractivity contribution in [2.75, 3.05) is 10.6 Å². The molecule has 1 heterocycles. The molecule has 1 atom stereocenters. The summed E-state index contributed by atoms with van der Waals surface area (Å²) in [5.74, 6) is 0.892. The van der Waals surface area contributed by atoms with Crippen LogP contribution in [0.2, 0.25) is 0 Å². The van der Waals surface area contributed by atoms with E-state index in [0.29, 0.717) is 0 Å². The number of nitrogens with one attached hydrogen (secondary N) is 2. The zero-order valence-corrected chi connectivity index (χ0v) is 12.0. The fourth-order valence-corrected chi connectivity index (χ4v) is 1.80. The van der Waals surface area contributed by atoms with Crippen molar-refractivity contribution in [1.82, 2.24) is 0 Å². The van der Waals surface area contributed by atoms with Gasteiger partial charge in [-0.2, -0.15) is 0 Å². The van der Waals surface area contributed by atoms with Crippen LogP contribution < -0.4 is 10.6 Å². The number of furan rings is 1. The van der Waals surface area contributed by atoms with Crippen molar-refractivity contribution in [2.24, 2.45) is 5.92 Å². The molecule has 1 aromatic carbocycles. The first-order valence-electron chi connectivity index (χ1n) is 6.77. The van der Waals surface area contributed by atoms with E-state index in [1.165, 1.54) is 0 Å². The van der Waals surface area contributed by atoms with Crippen LogP contribution in [-0.2, 0) is 4.79 Å². The van der Waals surface area contributed by atoms with E-state index >= 15 is 0 Å².